The standard InChI is InChI=1S/C21H26N2O3/c1-21(2,3)16-8-10-17(11-9-16)22-19(24)14-26-20(25)15-6-12-18(13-7-15)23(4)5/h6-13H,14H2,1-5H3,(H,22,24). The van der Waals surface area contributed by atoms with Crippen molar-refractivity contribution in [2.75, 3.05) is 30.9 Å². The summed E-state index contributed by atoms with van der Waals surface area (Å²) < 4.78 is 5.08. The predicted molar refractivity (Wildman–Crippen MR) is 105 cm³/mol. The minimum atomic E-state index is -0.520. The van der Waals surface area contributed by atoms with E-state index in [4.69, 9.17) is 4.74 Å². The summed E-state index contributed by atoms with van der Waals surface area (Å²) in [5, 5.41) is 2.73. The van der Waals surface area contributed by atoms with Crippen LogP contribution < -0.4 is 10.2 Å². The van der Waals surface area contributed by atoms with Crippen LogP contribution in [0.3, 0.4) is 0 Å². The zero-order valence-electron chi connectivity index (χ0n) is 16.0. The van der Waals surface area contributed by atoms with Gasteiger partial charge in [0.1, 0.15) is 0 Å². The fourth-order valence-corrected chi connectivity index (χ4v) is 2.36. The minimum Gasteiger partial charge on any atom is -0.452 e. The van der Waals surface area contributed by atoms with Crippen molar-refractivity contribution in [3.05, 3.63) is 59.7 Å². The van der Waals surface area contributed by atoms with E-state index in [-0.39, 0.29) is 17.9 Å². The lowest BCUT2D eigenvalue weighted by Gasteiger charge is -2.19. The van der Waals surface area contributed by atoms with Gasteiger partial charge in [0.25, 0.3) is 5.91 Å². The monoisotopic (exact) mass is 354 g/mol. The van der Waals surface area contributed by atoms with Crippen LogP contribution in [0.2, 0.25) is 0 Å². The molecule has 2 rings (SSSR count). The molecule has 0 aliphatic heterocycles. The average molecular weight is 354 g/mol. The van der Waals surface area contributed by atoms with Crippen LogP contribution in [0.15, 0.2) is 48.5 Å². The Morgan fingerprint density at radius 1 is 0.962 bits per heavy atom. The summed E-state index contributed by atoms with van der Waals surface area (Å²) >= 11 is 0. The lowest BCUT2D eigenvalue weighted by atomic mass is 9.87. The van der Waals surface area contributed by atoms with Crippen LogP contribution in [-0.2, 0) is 14.9 Å². The van der Waals surface area contributed by atoms with Gasteiger partial charge in [0.05, 0.1) is 5.56 Å². The third-order valence-electron chi connectivity index (χ3n) is 3.99. The molecule has 0 aromatic heterocycles. The van der Waals surface area contributed by atoms with E-state index >= 15 is 0 Å². The first-order valence-electron chi connectivity index (χ1n) is 8.52. The number of carbonyl (C=O) groups is 2. The molecule has 26 heavy (non-hydrogen) atoms. The van der Waals surface area contributed by atoms with Crippen molar-refractivity contribution < 1.29 is 14.3 Å². The molecule has 0 saturated carbocycles. The zero-order chi connectivity index (χ0) is 19.3. The number of amides is 1. The molecule has 1 amide bonds. The number of rotatable bonds is 5. The lowest BCUT2D eigenvalue weighted by molar-refractivity contribution is -0.119. The highest BCUT2D eigenvalue weighted by Crippen LogP contribution is 2.23. The molecule has 2 aromatic rings. The fraction of sp³-hybridized carbons (Fsp3) is 0.333. The average Bonchev–Trinajstić information content (AvgIpc) is 2.59. The Labute approximate surface area is 155 Å². The number of carbonyl (C=O) groups excluding carboxylic acids is 2. The summed E-state index contributed by atoms with van der Waals surface area (Å²) in [5.74, 6) is -0.889. The summed E-state index contributed by atoms with van der Waals surface area (Å²) in [7, 11) is 3.84. The van der Waals surface area contributed by atoms with Gasteiger partial charge in [-0.3, -0.25) is 4.79 Å². The second kappa shape index (κ2) is 8.04. The molecule has 1 N–H and O–H groups in total. The van der Waals surface area contributed by atoms with Gasteiger partial charge >= 0.3 is 5.97 Å². The first-order valence-corrected chi connectivity index (χ1v) is 8.52. The molecule has 138 valence electrons. The van der Waals surface area contributed by atoms with Crippen LogP contribution in [0.5, 0.6) is 0 Å². The summed E-state index contributed by atoms with van der Waals surface area (Å²) in [5.41, 5.74) is 3.31. The van der Waals surface area contributed by atoms with Crippen LogP contribution in [0.1, 0.15) is 36.7 Å². The van der Waals surface area contributed by atoms with Gasteiger partial charge in [0, 0.05) is 25.5 Å². The SMILES string of the molecule is CN(C)c1ccc(C(=O)OCC(=O)Nc2ccc(C(C)(C)C)cc2)cc1. The number of benzene rings is 2. The smallest absolute Gasteiger partial charge is 0.338 e. The van der Waals surface area contributed by atoms with Crippen molar-refractivity contribution in [1.29, 1.82) is 0 Å². The Bertz CT molecular complexity index is 757. The van der Waals surface area contributed by atoms with Crippen LogP contribution in [0.4, 0.5) is 11.4 Å². The topological polar surface area (TPSA) is 58.6 Å². The highest BCUT2D eigenvalue weighted by Gasteiger charge is 2.14. The van der Waals surface area contributed by atoms with Gasteiger partial charge in [-0.2, -0.15) is 0 Å². The first-order chi connectivity index (χ1) is 12.2. The van der Waals surface area contributed by atoms with Gasteiger partial charge in [-0.05, 0) is 47.4 Å². The van der Waals surface area contributed by atoms with Gasteiger partial charge in [-0.1, -0.05) is 32.9 Å². The van der Waals surface area contributed by atoms with Gasteiger partial charge in [0.15, 0.2) is 6.61 Å². The number of anilines is 2. The molecule has 0 spiro atoms. The number of ether oxygens (including phenoxy) is 1. The van der Waals surface area contributed by atoms with Crippen molar-refractivity contribution in [3.8, 4) is 0 Å². The highest BCUT2D eigenvalue weighted by atomic mass is 16.5. The van der Waals surface area contributed by atoms with Crippen LogP contribution in [0, 0.1) is 0 Å². The molecule has 5 heteroatoms. The van der Waals surface area contributed by atoms with E-state index < -0.39 is 5.97 Å². The summed E-state index contributed by atoms with van der Waals surface area (Å²) in [4.78, 5) is 25.9. The fourth-order valence-electron chi connectivity index (χ4n) is 2.36. The van der Waals surface area contributed by atoms with Crippen molar-refractivity contribution >= 4 is 23.3 Å². The van der Waals surface area contributed by atoms with Gasteiger partial charge < -0.3 is 15.0 Å². The van der Waals surface area contributed by atoms with Gasteiger partial charge in [-0.25, -0.2) is 4.79 Å². The normalized spacial score (nSPS) is 11.0. The summed E-state index contributed by atoms with van der Waals surface area (Å²) in [6.45, 7) is 6.07. The maximum absolute atomic E-state index is 12.0. The number of nitrogens with one attached hydrogen (secondary N) is 1. The van der Waals surface area contributed by atoms with Crippen molar-refractivity contribution in [3.63, 3.8) is 0 Å². The molecule has 0 saturated heterocycles. The third-order valence-corrected chi connectivity index (χ3v) is 3.99. The van der Waals surface area contributed by atoms with E-state index in [0.717, 1.165) is 5.69 Å². The molecule has 5 nitrogen and oxygen atoms in total. The third kappa shape index (κ3) is 5.34. The number of hydrogen-bond acceptors (Lipinski definition) is 4. The Kier molecular flexibility index (Phi) is 6.03. The Balaban J connectivity index is 1.87. The summed E-state index contributed by atoms with van der Waals surface area (Å²) in [6, 6.07) is 14.7. The second-order valence-electron chi connectivity index (χ2n) is 7.39. The number of esters is 1. The molecule has 0 aliphatic rings. The van der Waals surface area contributed by atoms with E-state index in [0.29, 0.717) is 11.3 Å². The van der Waals surface area contributed by atoms with Gasteiger partial charge in [0.2, 0.25) is 0 Å². The Morgan fingerprint density at radius 3 is 2.04 bits per heavy atom. The summed E-state index contributed by atoms with van der Waals surface area (Å²) in [6.07, 6.45) is 0. The minimum absolute atomic E-state index is 0.0558. The lowest BCUT2D eigenvalue weighted by Crippen LogP contribution is -2.21. The van der Waals surface area contributed by atoms with Crippen LogP contribution in [0.25, 0.3) is 0 Å². The van der Waals surface area contributed by atoms with Crippen molar-refractivity contribution in [2.24, 2.45) is 0 Å². The van der Waals surface area contributed by atoms with E-state index in [1.807, 2.05) is 55.4 Å². The molecule has 0 heterocycles. The maximum atomic E-state index is 12.0. The second-order valence-corrected chi connectivity index (χ2v) is 7.39. The molecular formula is C21H26N2O3. The molecule has 0 bridgehead atoms. The van der Waals surface area contributed by atoms with Crippen molar-refractivity contribution in [2.45, 2.75) is 26.2 Å². The quantitative estimate of drug-likeness (QED) is 0.829. The van der Waals surface area contributed by atoms with E-state index in [1.54, 1.807) is 12.1 Å². The van der Waals surface area contributed by atoms with E-state index in [2.05, 4.69) is 26.1 Å². The van der Waals surface area contributed by atoms with Gasteiger partial charge in [-0.15, -0.1) is 0 Å². The molecule has 0 unspecified atom stereocenters. The Morgan fingerprint density at radius 2 is 1.54 bits per heavy atom. The highest BCUT2D eigenvalue weighted by molar-refractivity contribution is 5.95. The van der Waals surface area contributed by atoms with Crippen LogP contribution in [-0.4, -0.2) is 32.6 Å². The Hall–Kier alpha value is -2.82. The molecule has 0 atom stereocenters. The first kappa shape index (κ1) is 19.5. The maximum Gasteiger partial charge on any atom is 0.338 e. The molecule has 0 radical (unpaired) electrons. The molecule has 0 aliphatic carbocycles. The predicted octanol–water partition coefficient (Wildman–Crippen LogP) is 3.85. The van der Waals surface area contributed by atoms with E-state index in [1.165, 1.54) is 5.56 Å². The zero-order valence-corrected chi connectivity index (χ0v) is 16.0. The molecular weight excluding hydrogens is 328 g/mol. The number of hydrogen-bond donors (Lipinski definition) is 1. The largest absolute Gasteiger partial charge is 0.452 e. The number of nitrogens with zero attached hydrogens (tertiary/aromatic N) is 1. The molecule has 2 aromatic carbocycles. The molecule has 0 fully saturated rings. The van der Waals surface area contributed by atoms with E-state index in [9.17, 15) is 9.59 Å². The van der Waals surface area contributed by atoms with Crippen LogP contribution >= 0.6 is 0 Å². The van der Waals surface area contributed by atoms with Crippen molar-refractivity contribution in [1.82, 2.24) is 0 Å².